The zero-order chi connectivity index (χ0) is 20.4. The molecule has 2 aromatic rings. The molecule has 1 aliphatic carbocycles. The molecule has 2 heterocycles. The van der Waals surface area contributed by atoms with Crippen LogP contribution in [0.2, 0.25) is 0 Å². The summed E-state index contributed by atoms with van der Waals surface area (Å²) in [6.45, 7) is 1.36. The van der Waals surface area contributed by atoms with Crippen LogP contribution in [0, 0.1) is 0 Å². The number of methoxy groups -OCH3 is 1. The van der Waals surface area contributed by atoms with Gasteiger partial charge in [0.25, 0.3) is 5.91 Å². The van der Waals surface area contributed by atoms with Crippen molar-refractivity contribution in [3.63, 3.8) is 0 Å². The molecule has 0 saturated heterocycles. The van der Waals surface area contributed by atoms with Crippen molar-refractivity contribution >= 4 is 18.3 Å². The van der Waals surface area contributed by atoms with E-state index in [4.69, 9.17) is 4.74 Å². The second-order valence-electron chi connectivity index (χ2n) is 7.76. The Morgan fingerprint density at radius 3 is 2.43 bits per heavy atom. The highest BCUT2D eigenvalue weighted by molar-refractivity contribution is 5.97. The average Bonchev–Trinajstić information content (AvgIpc) is 2.75. The van der Waals surface area contributed by atoms with E-state index in [9.17, 15) is 14.7 Å². The van der Waals surface area contributed by atoms with Crippen molar-refractivity contribution in [3.8, 4) is 5.75 Å². The number of pyridine rings is 1. The predicted octanol–water partition coefficient (Wildman–Crippen LogP) is 2.88. The Morgan fingerprint density at radius 1 is 1.07 bits per heavy atom. The van der Waals surface area contributed by atoms with Crippen LogP contribution < -0.4 is 10.4 Å². The van der Waals surface area contributed by atoms with Crippen molar-refractivity contribution in [1.82, 2.24) is 9.58 Å². The molecular formula is C22H28ClN3O4. The van der Waals surface area contributed by atoms with Crippen molar-refractivity contribution in [2.24, 2.45) is 0 Å². The smallest absolute Gasteiger partial charge is 0.278 e. The minimum absolute atomic E-state index is 0. The van der Waals surface area contributed by atoms with Crippen LogP contribution in [0.15, 0.2) is 47.4 Å². The third kappa shape index (κ3) is 3.68. The lowest BCUT2D eigenvalue weighted by atomic mass is 9.85. The maximum Gasteiger partial charge on any atom is 0.278 e. The molecule has 1 aromatic heterocycles. The standard InChI is InChI=1S/C22H27N3O4.ClH/c1-29-15-14-23-21(28)19-20(27)18(26)10-13-24(19)25(16-17-8-4-2-5-9-17)22(23)11-6-3-7-12-22;/h2,4-5,8-10,13,27H,3,6-7,11-12,14-16H2,1H3;1H. The molecule has 0 atom stereocenters. The first-order chi connectivity index (χ1) is 14.1. The van der Waals surface area contributed by atoms with Gasteiger partial charge in [0.1, 0.15) is 5.66 Å². The summed E-state index contributed by atoms with van der Waals surface area (Å²) in [5.74, 6) is -0.813. The second-order valence-corrected chi connectivity index (χ2v) is 7.76. The Morgan fingerprint density at radius 2 is 1.77 bits per heavy atom. The molecule has 2 aliphatic rings. The van der Waals surface area contributed by atoms with Gasteiger partial charge < -0.3 is 14.7 Å². The van der Waals surface area contributed by atoms with Gasteiger partial charge in [-0.15, -0.1) is 12.4 Å². The monoisotopic (exact) mass is 433 g/mol. The van der Waals surface area contributed by atoms with Crippen molar-refractivity contribution in [2.45, 2.75) is 44.3 Å². The zero-order valence-electron chi connectivity index (χ0n) is 17.1. The van der Waals surface area contributed by atoms with Crippen LogP contribution >= 0.6 is 12.4 Å². The SMILES string of the molecule is COCCN1C(=O)c2c(O)c(=O)ccn2N(Cc2ccccc2)C12CCCCC2.Cl. The predicted molar refractivity (Wildman–Crippen MR) is 117 cm³/mol. The molecule has 0 unspecified atom stereocenters. The zero-order valence-corrected chi connectivity index (χ0v) is 17.9. The summed E-state index contributed by atoms with van der Waals surface area (Å²) in [5.41, 5.74) is 0.0667. The maximum absolute atomic E-state index is 13.5. The van der Waals surface area contributed by atoms with Gasteiger partial charge in [-0.25, -0.2) is 0 Å². The normalized spacial score (nSPS) is 17.6. The van der Waals surface area contributed by atoms with Crippen LogP contribution in [-0.4, -0.2) is 46.5 Å². The minimum atomic E-state index is -0.546. The fraction of sp³-hybridized carbons (Fsp3) is 0.455. The van der Waals surface area contributed by atoms with Gasteiger partial charge in [-0.2, -0.15) is 0 Å². The van der Waals surface area contributed by atoms with Gasteiger partial charge in [0, 0.05) is 25.9 Å². The summed E-state index contributed by atoms with van der Waals surface area (Å²) in [6, 6.07) is 11.4. The quantitative estimate of drug-likeness (QED) is 0.784. The van der Waals surface area contributed by atoms with E-state index in [1.165, 1.54) is 6.07 Å². The number of benzene rings is 1. The summed E-state index contributed by atoms with van der Waals surface area (Å²) in [7, 11) is 1.61. The van der Waals surface area contributed by atoms with E-state index >= 15 is 0 Å². The molecular weight excluding hydrogens is 406 g/mol. The number of hydrogen-bond donors (Lipinski definition) is 1. The molecule has 0 radical (unpaired) electrons. The number of nitrogens with zero attached hydrogens (tertiary/aromatic N) is 3. The topological polar surface area (TPSA) is 75.0 Å². The number of rotatable bonds is 5. The molecule has 1 N–H and O–H groups in total. The highest BCUT2D eigenvalue weighted by Gasteiger charge is 2.51. The van der Waals surface area contributed by atoms with E-state index in [2.05, 4.69) is 17.1 Å². The van der Waals surface area contributed by atoms with Crippen molar-refractivity contribution in [2.75, 3.05) is 25.3 Å². The van der Waals surface area contributed by atoms with Gasteiger partial charge in [0.15, 0.2) is 11.4 Å². The molecule has 8 heteroatoms. The number of halogens is 1. The molecule has 1 saturated carbocycles. The molecule has 4 rings (SSSR count). The number of carbonyl (C=O) groups excluding carboxylic acids is 1. The van der Waals surface area contributed by atoms with E-state index in [1.54, 1.807) is 18.0 Å². The molecule has 1 fully saturated rings. The first kappa shape index (κ1) is 22.2. The van der Waals surface area contributed by atoms with E-state index in [0.29, 0.717) is 19.7 Å². The van der Waals surface area contributed by atoms with Crippen LogP contribution in [0.5, 0.6) is 5.75 Å². The number of aromatic hydroxyl groups is 1. The van der Waals surface area contributed by atoms with E-state index in [0.717, 1.165) is 37.7 Å². The highest BCUT2D eigenvalue weighted by Crippen LogP contribution is 2.41. The molecule has 0 bridgehead atoms. The minimum Gasteiger partial charge on any atom is -0.502 e. The number of hydrogen-bond acceptors (Lipinski definition) is 5. The van der Waals surface area contributed by atoms with Crippen molar-refractivity contribution < 1.29 is 14.6 Å². The summed E-state index contributed by atoms with van der Waals surface area (Å²) < 4.78 is 6.97. The molecule has 162 valence electrons. The van der Waals surface area contributed by atoms with E-state index in [1.807, 2.05) is 23.1 Å². The first-order valence-corrected chi connectivity index (χ1v) is 10.2. The number of ether oxygens (including phenoxy) is 1. The summed E-state index contributed by atoms with van der Waals surface area (Å²) >= 11 is 0. The molecule has 7 nitrogen and oxygen atoms in total. The van der Waals surface area contributed by atoms with Crippen LogP contribution in [0.4, 0.5) is 0 Å². The number of carbonyl (C=O) groups is 1. The van der Waals surface area contributed by atoms with Crippen LogP contribution in [0.3, 0.4) is 0 Å². The van der Waals surface area contributed by atoms with E-state index < -0.39 is 16.8 Å². The van der Waals surface area contributed by atoms with Gasteiger partial charge in [0.2, 0.25) is 5.43 Å². The lowest BCUT2D eigenvalue weighted by Crippen LogP contribution is -2.71. The van der Waals surface area contributed by atoms with Crippen LogP contribution in [-0.2, 0) is 11.3 Å². The molecule has 30 heavy (non-hydrogen) atoms. The highest BCUT2D eigenvalue weighted by atomic mass is 35.5. The molecule has 1 amide bonds. The summed E-state index contributed by atoms with van der Waals surface area (Å²) in [5, 5.41) is 12.6. The fourth-order valence-corrected chi connectivity index (χ4v) is 4.69. The lowest BCUT2D eigenvalue weighted by molar-refractivity contribution is -0.00228. The first-order valence-electron chi connectivity index (χ1n) is 10.2. The largest absolute Gasteiger partial charge is 0.502 e. The second kappa shape index (κ2) is 9.10. The molecule has 1 aliphatic heterocycles. The van der Waals surface area contributed by atoms with Gasteiger partial charge in [-0.1, -0.05) is 36.8 Å². The van der Waals surface area contributed by atoms with Crippen molar-refractivity contribution in [1.29, 1.82) is 0 Å². The molecule has 1 aromatic carbocycles. The Labute approximate surface area is 182 Å². The molecule has 1 spiro atoms. The number of amides is 1. The van der Waals surface area contributed by atoms with Crippen molar-refractivity contribution in [3.05, 3.63) is 64.1 Å². The van der Waals surface area contributed by atoms with Gasteiger partial charge in [-0.05, 0) is 31.2 Å². The Hall–Kier alpha value is -2.51. The summed E-state index contributed by atoms with van der Waals surface area (Å²) in [6.07, 6.45) is 6.45. The number of fused-ring (bicyclic) bond motifs is 1. The Balaban J connectivity index is 0.00000256. The average molecular weight is 434 g/mol. The third-order valence-electron chi connectivity index (χ3n) is 6.09. The number of aromatic nitrogens is 1. The van der Waals surface area contributed by atoms with Crippen LogP contribution in [0.1, 0.15) is 48.2 Å². The third-order valence-corrected chi connectivity index (χ3v) is 6.09. The van der Waals surface area contributed by atoms with Gasteiger partial charge in [0.05, 0.1) is 13.2 Å². The Kier molecular flexibility index (Phi) is 6.73. The fourth-order valence-electron chi connectivity index (χ4n) is 4.69. The van der Waals surface area contributed by atoms with Crippen LogP contribution in [0.25, 0.3) is 0 Å². The lowest BCUT2D eigenvalue weighted by Gasteiger charge is -2.57. The maximum atomic E-state index is 13.5. The van der Waals surface area contributed by atoms with Gasteiger partial charge in [-0.3, -0.25) is 19.3 Å². The Bertz CT molecular complexity index is 941. The van der Waals surface area contributed by atoms with E-state index in [-0.39, 0.29) is 24.0 Å². The van der Waals surface area contributed by atoms with Gasteiger partial charge >= 0.3 is 0 Å². The summed E-state index contributed by atoms with van der Waals surface area (Å²) in [4.78, 5) is 27.4.